The molecule has 1 aliphatic rings. The molecule has 0 aliphatic carbocycles. The first-order valence-corrected chi connectivity index (χ1v) is 5.57. The van der Waals surface area contributed by atoms with Crippen molar-refractivity contribution in [3.05, 3.63) is 24.0 Å². The van der Waals surface area contributed by atoms with Gasteiger partial charge in [0, 0.05) is 5.57 Å². The summed E-state index contributed by atoms with van der Waals surface area (Å²) in [6.07, 6.45) is 4.56. The predicted octanol–water partition coefficient (Wildman–Crippen LogP) is 3.21. The Kier molecular flexibility index (Phi) is 3.43. The summed E-state index contributed by atoms with van der Waals surface area (Å²) in [4.78, 5) is 11.4. The lowest BCUT2D eigenvalue weighted by Crippen LogP contribution is -2.20. The second-order valence-electron chi connectivity index (χ2n) is 3.77. The lowest BCUT2D eigenvalue weighted by atomic mass is 9.98. The monoisotopic (exact) mass is 212 g/mol. The summed E-state index contributed by atoms with van der Waals surface area (Å²) >= 11 is 1.24. The molecule has 1 aliphatic heterocycles. The van der Waals surface area contributed by atoms with Gasteiger partial charge >= 0.3 is 0 Å². The number of allylic oxidation sites excluding steroid dienone is 1. The molecule has 0 aromatic carbocycles. The Bertz CT molecular complexity index is 294. The van der Waals surface area contributed by atoms with Gasteiger partial charge in [-0.1, -0.05) is 17.8 Å². The molecule has 0 aromatic heterocycles. The maximum Gasteiger partial charge on any atom is 0.219 e. The van der Waals surface area contributed by atoms with Crippen LogP contribution in [0.25, 0.3) is 0 Å². The van der Waals surface area contributed by atoms with Gasteiger partial charge in [0.15, 0.2) is 0 Å². The third-order valence-electron chi connectivity index (χ3n) is 2.54. The van der Waals surface area contributed by atoms with E-state index in [1.165, 1.54) is 11.8 Å². The number of aliphatic hydroxyl groups excluding tert-OH is 1. The van der Waals surface area contributed by atoms with Crippen molar-refractivity contribution in [2.24, 2.45) is 0 Å². The minimum Gasteiger partial charge on any atom is -0.510 e. The summed E-state index contributed by atoms with van der Waals surface area (Å²) in [5.41, 5.74) is 0.510. The summed E-state index contributed by atoms with van der Waals surface area (Å²) in [5.74, 6) is 0.261. The van der Waals surface area contributed by atoms with E-state index in [1.807, 2.05) is 13.0 Å². The van der Waals surface area contributed by atoms with Gasteiger partial charge in [0.1, 0.15) is 5.76 Å². The fourth-order valence-corrected chi connectivity index (χ4v) is 2.73. The van der Waals surface area contributed by atoms with E-state index < -0.39 is 4.75 Å². The molecule has 0 aromatic rings. The Morgan fingerprint density at radius 1 is 1.64 bits per heavy atom. The number of hydrogen-bond acceptors (Lipinski definition) is 3. The smallest absolute Gasteiger partial charge is 0.219 e. The number of rotatable bonds is 4. The van der Waals surface area contributed by atoms with Crippen LogP contribution in [0.15, 0.2) is 24.0 Å². The van der Waals surface area contributed by atoms with E-state index in [9.17, 15) is 9.90 Å². The standard InChI is InChI=1S/C11H16O2S/c1-4-5-6-7-11(3)9(12)8(2)10(13)14-11/h4,12H,1,5-7H2,2-3H3. The van der Waals surface area contributed by atoms with Crippen molar-refractivity contribution in [1.29, 1.82) is 0 Å². The van der Waals surface area contributed by atoms with E-state index in [4.69, 9.17) is 0 Å². The zero-order valence-corrected chi connectivity index (χ0v) is 9.49. The third-order valence-corrected chi connectivity index (χ3v) is 3.88. The Morgan fingerprint density at radius 3 is 2.71 bits per heavy atom. The van der Waals surface area contributed by atoms with Crippen molar-refractivity contribution in [2.45, 2.75) is 37.9 Å². The highest BCUT2D eigenvalue weighted by Gasteiger charge is 2.40. The van der Waals surface area contributed by atoms with E-state index in [0.717, 1.165) is 19.3 Å². The molecule has 0 saturated carbocycles. The first kappa shape index (κ1) is 11.4. The van der Waals surface area contributed by atoms with E-state index >= 15 is 0 Å². The Balaban J connectivity index is 2.68. The first-order valence-electron chi connectivity index (χ1n) is 4.76. The van der Waals surface area contributed by atoms with Gasteiger partial charge in [0.05, 0.1) is 4.75 Å². The molecule has 0 spiro atoms. The fraction of sp³-hybridized carbons (Fsp3) is 0.545. The maximum absolute atomic E-state index is 11.4. The summed E-state index contributed by atoms with van der Waals surface area (Å²) < 4.78 is -0.399. The molecule has 0 bridgehead atoms. The average Bonchev–Trinajstić information content (AvgIpc) is 2.32. The van der Waals surface area contributed by atoms with Crippen molar-refractivity contribution < 1.29 is 9.90 Å². The highest BCUT2D eigenvalue weighted by atomic mass is 32.2. The van der Waals surface area contributed by atoms with Crippen LogP contribution in [0.1, 0.15) is 33.1 Å². The highest BCUT2D eigenvalue weighted by molar-refractivity contribution is 8.15. The van der Waals surface area contributed by atoms with Gasteiger partial charge < -0.3 is 5.11 Å². The number of hydrogen-bond donors (Lipinski definition) is 1. The lowest BCUT2D eigenvalue weighted by molar-refractivity contribution is -0.107. The largest absolute Gasteiger partial charge is 0.510 e. The zero-order chi connectivity index (χ0) is 10.8. The minimum absolute atomic E-state index is 0.00334. The number of carbonyl (C=O) groups is 1. The molecule has 78 valence electrons. The number of thioether (sulfide) groups is 1. The maximum atomic E-state index is 11.4. The number of unbranched alkanes of at least 4 members (excludes halogenated alkanes) is 1. The van der Waals surface area contributed by atoms with Gasteiger partial charge in [-0.15, -0.1) is 6.58 Å². The molecule has 0 radical (unpaired) electrons. The summed E-state index contributed by atoms with van der Waals surface area (Å²) in [7, 11) is 0. The highest BCUT2D eigenvalue weighted by Crippen LogP contribution is 2.45. The summed E-state index contributed by atoms with van der Waals surface area (Å²) in [6, 6.07) is 0. The van der Waals surface area contributed by atoms with Gasteiger partial charge in [0.2, 0.25) is 5.12 Å². The third kappa shape index (κ3) is 2.03. The van der Waals surface area contributed by atoms with E-state index in [0.29, 0.717) is 5.57 Å². The molecule has 1 heterocycles. The van der Waals surface area contributed by atoms with Crippen LogP contribution in [0.3, 0.4) is 0 Å². The number of carbonyl (C=O) groups excluding carboxylic acids is 1. The quantitative estimate of drug-likeness (QED) is 0.574. The molecule has 1 unspecified atom stereocenters. The molecule has 1 N–H and O–H groups in total. The number of aliphatic hydroxyl groups is 1. The van der Waals surface area contributed by atoms with E-state index in [1.54, 1.807) is 6.92 Å². The van der Waals surface area contributed by atoms with Crippen LogP contribution in [0.4, 0.5) is 0 Å². The molecule has 3 heteroatoms. The van der Waals surface area contributed by atoms with Crippen LogP contribution in [0, 0.1) is 0 Å². The van der Waals surface area contributed by atoms with Crippen molar-refractivity contribution in [1.82, 2.24) is 0 Å². The van der Waals surface area contributed by atoms with Crippen LogP contribution in [-0.4, -0.2) is 15.0 Å². The molecule has 2 nitrogen and oxygen atoms in total. The summed E-state index contributed by atoms with van der Waals surface area (Å²) in [6.45, 7) is 7.25. The van der Waals surface area contributed by atoms with Gasteiger partial charge in [-0.3, -0.25) is 4.79 Å². The van der Waals surface area contributed by atoms with E-state index in [2.05, 4.69) is 6.58 Å². The van der Waals surface area contributed by atoms with Gasteiger partial charge in [0.25, 0.3) is 0 Å². The van der Waals surface area contributed by atoms with Gasteiger partial charge in [-0.05, 0) is 33.1 Å². The van der Waals surface area contributed by atoms with Crippen LogP contribution < -0.4 is 0 Å². The van der Waals surface area contributed by atoms with E-state index in [-0.39, 0.29) is 10.9 Å². The molecule has 0 amide bonds. The Morgan fingerprint density at radius 2 is 2.29 bits per heavy atom. The van der Waals surface area contributed by atoms with Crippen molar-refractivity contribution >= 4 is 16.9 Å². The molecular weight excluding hydrogens is 196 g/mol. The second kappa shape index (κ2) is 4.22. The zero-order valence-electron chi connectivity index (χ0n) is 8.67. The molecule has 0 saturated heterocycles. The Labute approximate surface area is 89.1 Å². The topological polar surface area (TPSA) is 37.3 Å². The predicted molar refractivity (Wildman–Crippen MR) is 60.4 cm³/mol. The van der Waals surface area contributed by atoms with Crippen LogP contribution >= 0.6 is 11.8 Å². The van der Waals surface area contributed by atoms with Crippen LogP contribution in [0.5, 0.6) is 0 Å². The fourth-order valence-electron chi connectivity index (χ4n) is 1.58. The lowest BCUT2D eigenvalue weighted by Gasteiger charge is -2.21. The van der Waals surface area contributed by atoms with Crippen LogP contribution in [-0.2, 0) is 4.79 Å². The average molecular weight is 212 g/mol. The van der Waals surface area contributed by atoms with Crippen molar-refractivity contribution in [3.63, 3.8) is 0 Å². The first-order chi connectivity index (χ1) is 6.51. The minimum atomic E-state index is -0.399. The normalized spacial score (nSPS) is 27.1. The molecule has 0 fully saturated rings. The van der Waals surface area contributed by atoms with Gasteiger partial charge in [-0.2, -0.15) is 0 Å². The molecule has 14 heavy (non-hydrogen) atoms. The SMILES string of the molecule is C=CCCCC1(C)SC(=O)C(C)=C1O. The van der Waals surface area contributed by atoms with Gasteiger partial charge in [-0.25, -0.2) is 0 Å². The van der Waals surface area contributed by atoms with Crippen molar-refractivity contribution in [2.75, 3.05) is 0 Å². The van der Waals surface area contributed by atoms with Crippen molar-refractivity contribution in [3.8, 4) is 0 Å². The molecule has 1 atom stereocenters. The van der Waals surface area contributed by atoms with Crippen LogP contribution in [0.2, 0.25) is 0 Å². The second-order valence-corrected chi connectivity index (χ2v) is 5.25. The summed E-state index contributed by atoms with van der Waals surface area (Å²) in [5, 5.41) is 9.80. The molecule has 1 rings (SSSR count). The molecular formula is C11H16O2S. The Hall–Kier alpha value is -0.700.